The van der Waals surface area contributed by atoms with Crippen molar-refractivity contribution in [3.05, 3.63) is 95.8 Å². The molecule has 1 N–H and O–H groups in total. The van der Waals surface area contributed by atoms with Gasteiger partial charge in [-0.1, -0.05) is 42.5 Å². The van der Waals surface area contributed by atoms with E-state index in [9.17, 15) is 17.6 Å². The first-order chi connectivity index (χ1) is 16.4. The summed E-state index contributed by atoms with van der Waals surface area (Å²) in [6, 6.07) is 22.0. The summed E-state index contributed by atoms with van der Waals surface area (Å²) in [5.41, 5.74) is 1.81. The van der Waals surface area contributed by atoms with E-state index in [-0.39, 0.29) is 22.5 Å². The van der Waals surface area contributed by atoms with Gasteiger partial charge in [0.2, 0.25) is 15.9 Å². The first kappa shape index (κ1) is 23.9. The third-order valence-corrected chi connectivity index (χ3v) is 7.83. The number of amides is 1. The number of hydrogen-bond acceptors (Lipinski definition) is 4. The topological polar surface area (TPSA) is 75.7 Å². The number of rotatable bonds is 8. The number of ether oxygens (including phenoxy) is 1. The zero-order chi connectivity index (χ0) is 24.0. The van der Waals surface area contributed by atoms with E-state index >= 15 is 0 Å². The summed E-state index contributed by atoms with van der Waals surface area (Å²) in [6.45, 7) is 1.39. The van der Waals surface area contributed by atoms with E-state index in [1.165, 1.54) is 16.4 Å². The molecule has 0 unspecified atom stereocenters. The van der Waals surface area contributed by atoms with Crippen molar-refractivity contribution in [1.82, 2.24) is 9.62 Å². The maximum atomic E-state index is 13.0. The Bertz CT molecular complexity index is 1190. The molecule has 8 heteroatoms. The maximum absolute atomic E-state index is 13.0. The Morgan fingerprint density at radius 1 is 0.912 bits per heavy atom. The summed E-state index contributed by atoms with van der Waals surface area (Å²) in [7, 11) is -3.52. The zero-order valence-electron chi connectivity index (χ0n) is 18.7. The fourth-order valence-corrected chi connectivity index (χ4v) is 5.37. The minimum atomic E-state index is -3.52. The van der Waals surface area contributed by atoms with Crippen LogP contribution in [0.5, 0.6) is 5.75 Å². The van der Waals surface area contributed by atoms with Crippen molar-refractivity contribution in [3.8, 4) is 5.75 Å². The molecule has 1 aliphatic heterocycles. The molecule has 0 aromatic heterocycles. The van der Waals surface area contributed by atoms with Crippen molar-refractivity contribution in [2.45, 2.75) is 30.9 Å². The highest BCUT2D eigenvalue weighted by molar-refractivity contribution is 7.89. The second kappa shape index (κ2) is 10.8. The number of nitrogens with one attached hydrogen (secondary N) is 1. The van der Waals surface area contributed by atoms with Gasteiger partial charge in [0.1, 0.15) is 18.2 Å². The van der Waals surface area contributed by atoms with Gasteiger partial charge in [-0.25, -0.2) is 12.8 Å². The van der Waals surface area contributed by atoms with E-state index in [0.29, 0.717) is 44.8 Å². The average molecular weight is 483 g/mol. The van der Waals surface area contributed by atoms with Gasteiger partial charge in [0.15, 0.2) is 0 Å². The van der Waals surface area contributed by atoms with Crippen LogP contribution in [0.2, 0.25) is 0 Å². The first-order valence-electron chi connectivity index (χ1n) is 11.2. The van der Waals surface area contributed by atoms with E-state index in [1.54, 1.807) is 42.5 Å². The van der Waals surface area contributed by atoms with E-state index in [2.05, 4.69) is 5.32 Å². The van der Waals surface area contributed by atoms with Crippen LogP contribution in [-0.4, -0.2) is 31.7 Å². The Balaban J connectivity index is 1.22. The summed E-state index contributed by atoms with van der Waals surface area (Å²) in [4.78, 5) is 12.9. The molecule has 1 fully saturated rings. The Kier molecular flexibility index (Phi) is 7.59. The Labute approximate surface area is 199 Å². The molecular formula is C26H27FN2O4S. The number of carbonyl (C=O) groups is 1. The fourth-order valence-electron chi connectivity index (χ4n) is 3.88. The van der Waals surface area contributed by atoms with Crippen LogP contribution in [0.4, 0.5) is 4.39 Å². The van der Waals surface area contributed by atoms with Crippen LogP contribution < -0.4 is 10.1 Å². The fraction of sp³-hybridized carbons (Fsp3) is 0.269. The molecule has 4 rings (SSSR count). The van der Waals surface area contributed by atoms with Gasteiger partial charge in [0.25, 0.3) is 0 Å². The highest BCUT2D eigenvalue weighted by Gasteiger charge is 2.31. The van der Waals surface area contributed by atoms with Crippen LogP contribution in [0.3, 0.4) is 0 Å². The molecule has 1 saturated heterocycles. The van der Waals surface area contributed by atoms with Crippen molar-refractivity contribution in [2.75, 3.05) is 13.1 Å². The molecule has 178 valence electrons. The van der Waals surface area contributed by atoms with Crippen LogP contribution >= 0.6 is 0 Å². The molecule has 1 heterocycles. The van der Waals surface area contributed by atoms with Gasteiger partial charge in [-0.3, -0.25) is 4.79 Å². The number of halogens is 1. The van der Waals surface area contributed by atoms with Gasteiger partial charge in [-0.2, -0.15) is 4.31 Å². The quantitative estimate of drug-likeness (QED) is 0.524. The lowest BCUT2D eigenvalue weighted by molar-refractivity contribution is -0.126. The average Bonchev–Trinajstić information content (AvgIpc) is 2.88. The second-order valence-corrected chi connectivity index (χ2v) is 10.2. The van der Waals surface area contributed by atoms with Crippen molar-refractivity contribution in [3.63, 3.8) is 0 Å². The summed E-state index contributed by atoms with van der Waals surface area (Å²) in [6.07, 6.45) is 0.988. The number of carbonyl (C=O) groups excluding carboxylic acids is 1. The number of sulfonamides is 1. The number of nitrogens with zero attached hydrogens (tertiary/aromatic N) is 1. The molecule has 6 nitrogen and oxygen atoms in total. The molecule has 0 spiro atoms. The zero-order valence-corrected chi connectivity index (χ0v) is 19.5. The van der Waals surface area contributed by atoms with Crippen LogP contribution in [0.15, 0.2) is 83.8 Å². The highest BCUT2D eigenvalue weighted by Crippen LogP contribution is 2.24. The lowest BCUT2D eigenvalue weighted by Gasteiger charge is -2.30. The van der Waals surface area contributed by atoms with Gasteiger partial charge in [-0.15, -0.1) is 0 Å². The Morgan fingerprint density at radius 2 is 1.53 bits per heavy atom. The van der Waals surface area contributed by atoms with Crippen molar-refractivity contribution in [2.24, 2.45) is 5.92 Å². The third-order valence-electron chi connectivity index (χ3n) is 5.91. The van der Waals surface area contributed by atoms with Crippen LogP contribution in [0, 0.1) is 11.7 Å². The summed E-state index contributed by atoms with van der Waals surface area (Å²) in [5, 5.41) is 2.95. The smallest absolute Gasteiger partial charge is 0.243 e. The molecule has 1 amide bonds. The minimum Gasteiger partial charge on any atom is -0.489 e. The van der Waals surface area contributed by atoms with Crippen molar-refractivity contribution >= 4 is 15.9 Å². The molecule has 0 saturated carbocycles. The van der Waals surface area contributed by atoms with Gasteiger partial charge >= 0.3 is 0 Å². The second-order valence-electron chi connectivity index (χ2n) is 8.27. The SMILES string of the molecule is O=C(NCc1ccc(OCc2ccc(F)cc2)cc1)C1CCN(S(=O)(=O)c2ccccc2)CC1. The summed E-state index contributed by atoms with van der Waals surface area (Å²) >= 11 is 0. The number of benzene rings is 3. The number of hydrogen-bond donors (Lipinski definition) is 1. The maximum Gasteiger partial charge on any atom is 0.243 e. The molecule has 0 aliphatic carbocycles. The monoisotopic (exact) mass is 482 g/mol. The lowest BCUT2D eigenvalue weighted by Crippen LogP contribution is -2.42. The molecule has 0 bridgehead atoms. The van der Waals surface area contributed by atoms with E-state index in [4.69, 9.17) is 4.74 Å². The van der Waals surface area contributed by atoms with Crippen LogP contribution in [-0.2, 0) is 28.0 Å². The van der Waals surface area contributed by atoms with Crippen LogP contribution in [0.1, 0.15) is 24.0 Å². The Hall–Kier alpha value is -3.23. The van der Waals surface area contributed by atoms with Crippen LogP contribution in [0.25, 0.3) is 0 Å². The summed E-state index contributed by atoms with van der Waals surface area (Å²) < 4.78 is 45.6. The third kappa shape index (κ3) is 6.01. The standard InChI is InChI=1S/C26H27FN2O4S/c27-23-10-6-21(7-11-23)19-33-24-12-8-20(9-13-24)18-28-26(30)22-14-16-29(17-15-22)34(31,32)25-4-2-1-3-5-25/h1-13,22H,14-19H2,(H,28,30). The molecule has 3 aromatic rings. The van der Waals surface area contributed by atoms with E-state index < -0.39 is 10.0 Å². The molecule has 3 aromatic carbocycles. The van der Waals surface area contributed by atoms with Crippen molar-refractivity contribution in [1.29, 1.82) is 0 Å². The molecule has 0 radical (unpaired) electrons. The molecular weight excluding hydrogens is 455 g/mol. The minimum absolute atomic E-state index is 0.0617. The van der Waals surface area contributed by atoms with E-state index in [1.807, 2.05) is 24.3 Å². The predicted octanol–water partition coefficient (Wildman–Crippen LogP) is 4.12. The predicted molar refractivity (Wildman–Crippen MR) is 127 cm³/mol. The lowest BCUT2D eigenvalue weighted by atomic mass is 9.97. The normalized spacial score (nSPS) is 15.1. The highest BCUT2D eigenvalue weighted by atomic mass is 32.2. The van der Waals surface area contributed by atoms with Gasteiger partial charge < -0.3 is 10.1 Å². The Morgan fingerprint density at radius 3 is 2.18 bits per heavy atom. The van der Waals surface area contributed by atoms with Gasteiger partial charge in [0, 0.05) is 25.6 Å². The largest absolute Gasteiger partial charge is 0.489 e. The van der Waals surface area contributed by atoms with Gasteiger partial charge in [-0.05, 0) is 60.4 Å². The molecule has 34 heavy (non-hydrogen) atoms. The van der Waals surface area contributed by atoms with Gasteiger partial charge in [0.05, 0.1) is 4.90 Å². The first-order valence-corrected chi connectivity index (χ1v) is 12.6. The van der Waals surface area contributed by atoms with Crippen molar-refractivity contribution < 1.29 is 22.3 Å². The molecule has 0 atom stereocenters. The summed E-state index contributed by atoms with van der Waals surface area (Å²) in [5.74, 6) is 0.137. The molecule has 1 aliphatic rings. The number of piperidine rings is 1. The van der Waals surface area contributed by atoms with E-state index in [0.717, 1.165) is 11.1 Å².